The summed E-state index contributed by atoms with van der Waals surface area (Å²) in [6.45, 7) is 2.12. The monoisotopic (exact) mass is 292 g/mol. The van der Waals surface area contributed by atoms with E-state index in [0.717, 1.165) is 12.8 Å². The Morgan fingerprint density at radius 2 is 1.74 bits per heavy atom. The van der Waals surface area contributed by atoms with Crippen LogP contribution in [0.3, 0.4) is 0 Å². The first kappa shape index (κ1) is 14.1. The molecule has 1 nitrogen and oxygen atoms in total. The Bertz CT molecular complexity index is 605. The summed E-state index contributed by atoms with van der Waals surface area (Å²) in [5, 5.41) is 0.857. The molecule has 0 spiro atoms. The van der Waals surface area contributed by atoms with Gasteiger partial charge in [-0.05, 0) is 36.2 Å². The van der Waals surface area contributed by atoms with Crippen LogP contribution in [0.4, 0.5) is 0 Å². The van der Waals surface area contributed by atoms with Gasteiger partial charge in [0.15, 0.2) is 5.78 Å². The zero-order chi connectivity index (χ0) is 13.8. The van der Waals surface area contributed by atoms with E-state index in [1.807, 2.05) is 24.3 Å². The Morgan fingerprint density at radius 3 is 2.42 bits per heavy atom. The summed E-state index contributed by atoms with van der Waals surface area (Å²) in [7, 11) is 0. The number of hydrogen-bond donors (Lipinski definition) is 0. The largest absolute Gasteiger partial charge is 0.289 e. The Labute approximate surface area is 123 Å². The molecule has 0 atom stereocenters. The molecule has 0 bridgehead atoms. The van der Waals surface area contributed by atoms with Crippen molar-refractivity contribution >= 4 is 29.0 Å². The second-order valence-corrected chi connectivity index (χ2v) is 5.22. The van der Waals surface area contributed by atoms with Gasteiger partial charge in [-0.1, -0.05) is 54.7 Å². The van der Waals surface area contributed by atoms with E-state index >= 15 is 0 Å². The van der Waals surface area contributed by atoms with Crippen LogP contribution in [-0.2, 0) is 6.42 Å². The molecule has 3 heteroatoms. The Morgan fingerprint density at radius 1 is 1.00 bits per heavy atom. The molecule has 0 N–H and O–H groups in total. The van der Waals surface area contributed by atoms with Gasteiger partial charge in [-0.25, -0.2) is 0 Å². The highest BCUT2D eigenvalue weighted by Gasteiger charge is 2.11. The lowest BCUT2D eigenvalue weighted by molar-refractivity contribution is 0.103. The molecule has 19 heavy (non-hydrogen) atoms. The summed E-state index contributed by atoms with van der Waals surface area (Å²) in [5.41, 5.74) is 2.42. The number of aryl methyl sites for hydroxylation is 1. The van der Waals surface area contributed by atoms with Gasteiger partial charge in [-0.3, -0.25) is 4.79 Å². The molecule has 0 saturated heterocycles. The number of benzene rings is 2. The Hall–Kier alpha value is -1.31. The predicted octanol–water partition coefficient (Wildman–Crippen LogP) is 5.18. The molecular weight excluding hydrogens is 279 g/mol. The normalized spacial score (nSPS) is 10.5. The van der Waals surface area contributed by atoms with Crippen LogP contribution < -0.4 is 0 Å². The van der Waals surface area contributed by atoms with Gasteiger partial charge in [0.1, 0.15) is 0 Å². The SMILES string of the molecule is CCCc1cccc(C(=O)c2ccc(Cl)c(Cl)c2)c1. The van der Waals surface area contributed by atoms with Crippen LogP contribution >= 0.6 is 23.2 Å². The molecule has 0 fully saturated rings. The maximum atomic E-state index is 12.4. The Balaban J connectivity index is 2.32. The smallest absolute Gasteiger partial charge is 0.193 e. The van der Waals surface area contributed by atoms with E-state index in [4.69, 9.17) is 23.2 Å². The number of rotatable bonds is 4. The van der Waals surface area contributed by atoms with E-state index in [9.17, 15) is 4.79 Å². The fourth-order valence-corrected chi connectivity index (χ4v) is 2.26. The van der Waals surface area contributed by atoms with Crippen molar-refractivity contribution in [3.05, 3.63) is 69.2 Å². The van der Waals surface area contributed by atoms with E-state index in [2.05, 4.69) is 6.92 Å². The van der Waals surface area contributed by atoms with Gasteiger partial charge in [0.05, 0.1) is 10.0 Å². The summed E-state index contributed by atoms with van der Waals surface area (Å²) in [4.78, 5) is 12.4. The van der Waals surface area contributed by atoms with Gasteiger partial charge < -0.3 is 0 Å². The zero-order valence-corrected chi connectivity index (χ0v) is 12.1. The third-order valence-electron chi connectivity index (χ3n) is 2.91. The van der Waals surface area contributed by atoms with Crippen molar-refractivity contribution < 1.29 is 4.79 Å². The molecule has 0 saturated carbocycles. The minimum atomic E-state index is -0.0310. The van der Waals surface area contributed by atoms with E-state index in [0.29, 0.717) is 21.2 Å². The molecule has 2 rings (SSSR count). The van der Waals surface area contributed by atoms with Crippen molar-refractivity contribution in [3.63, 3.8) is 0 Å². The topological polar surface area (TPSA) is 17.1 Å². The highest BCUT2D eigenvalue weighted by molar-refractivity contribution is 6.42. The van der Waals surface area contributed by atoms with E-state index in [1.165, 1.54) is 5.56 Å². The number of carbonyl (C=O) groups is 1. The standard InChI is InChI=1S/C16H14Cl2O/c1-2-4-11-5-3-6-12(9-11)16(19)13-7-8-14(17)15(18)10-13/h3,5-10H,2,4H2,1H3. The third-order valence-corrected chi connectivity index (χ3v) is 3.65. The second-order valence-electron chi connectivity index (χ2n) is 4.41. The summed E-state index contributed by atoms with van der Waals surface area (Å²) in [6.07, 6.45) is 2.03. The van der Waals surface area contributed by atoms with Gasteiger partial charge in [-0.15, -0.1) is 0 Å². The summed E-state index contributed by atoms with van der Waals surface area (Å²) < 4.78 is 0. The highest BCUT2D eigenvalue weighted by atomic mass is 35.5. The van der Waals surface area contributed by atoms with Gasteiger partial charge in [-0.2, -0.15) is 0 Å². The minimum Gasteiger partial charge on any atom is -0.289 e. The first-order chi connectivity index (χ1) is 9.11. The molecule has 0 amide bonds. The highest BCUT2D eigenvalue weighted by Crippen LogP contribution is 2.24. The van der Waals surface area contributed by atoms with E-state index in [1.54, 1.807) is 18.2 Å². The van der Waals surface area contributed by atoms with Crippen LogP contribution in [0.2, 0.25) is 10.0 Å². The lowest BCUT2D eigenvalue weighted by Gasteiger charge is -2.05. The van der Waals surface area contributed by atoms with Gasteiger partial charge in [0, 0.05) is 11.1 Å². The third kappa shape index (κ3) is 3.37. The molecular formula is C16H14Cl2O. The molecule has 0 unspecified atom stereocenters. The predicted molar refractivity (Wildman–Crippen MR) is 80.3 cm³/mol. The average molecular weight is 293 g/mol. The Kier molecular flexibility index (Phi) is 4.62. The fraction of sp³-hybridized carbons (Fsp3) is 0.188. The van der Waals surface area contributed by atoms with E-state index in [-0.39, 0.29) is 5.78 Å². The van der Waals surface area contributed by atoms with Crippen molar-refractivity contribution in [2.75, 3.05) is 0 Å². The fourth-order valence-electron chi connectivity index (χ4n) is 1.96. The lowest BCUT2D eigenvalue weighted by atomic mass is 10.00. The summed E-state index contributed by atoms with van der Waals surface area (Å²) in [6, 6.07) is 12.7. The number of ketones is 1. The van der Waals surface area contributed by atoms with Gasteiger partial charge in [0.25, 0.3) is 0 Å². The molecule has 0 aliphatic heterocycles. The molecule has 2 aromatic rings. The maximum Gasteiger partial charge on any atom is 0.193 e. The molecule has 0 aliphatic carbocycles. The van der Waals surface area contributed by atoms with Crippen LogP contribution in [-0.4, -0.2) is 5.78 Å². The molecule has 2 aromatic carbocycles. The number of hydrogen-bond acceptors (Lipinski definition) is 1. The van der Waals surface area contributed by atoms with Crippen molar-refractivity contribution in [2.45, 2.75) is 19.8 Å². The summed E-state index contributed by atoms with van der Waals surface area (Å²) in [5.74, 6) is -0.0310. The van der Waals surface area contributed by atoms with Crippen molar-refractivity contribution in [3.8, 4) is 0 Å². The van der Waals surface area contributed by atoms with Crippen molar-refractivity contribution in [2.24, 2.45) is 0 Å². The summed E-state index contributed by atoms with van der Waals surface area (Å²) >= 11 is 11.8. The molecule has 98 valence electrons. The first-order valence-electron chi connectivity index (χ1n) is 6.20. The maximum absolute atomic E-state index is 12.4. The average Bonchev–Trinajstić information content (AvgIpc) is 2.42. The molecule has 0 aliphatic rings. The van der Waals surface area contributed by atoms with Crippen molar-refractivity contribution in [1.29, 1.82) is 0 Å². The van der Waals surface area contributed by atoms with Crippen molar-refractivity contribution in [1.82, 2.24) is 0 Å². The van der Waals surface area contributed by atoms with Crippen LogP contribution in [0, 0.1) is 0 Å². The minimum absolute atomic E-state index is 0.0310. The van der Waals surface area contributed by atoms with E-state index < -0.39 is 0 Å². The zero-order valence-electron chi connectivity index (χ0n) is 10.6. The number of carbonyl (C=O) groups excluding carboxylic acids is 1. The number of halogens is 2. The van der Waals surface area contributed by atoms with Crippen LogP contribution in [0.15, 0.2) is 42.5 Å². The molecule has 0 radical (unpaired) electrons. The van der Waals surface area contributed by atoms with Gasteiger partial charge >= 0.3 is 0 Å². The van der Waals surface area contributed by atoms with Crippen LogP contribution in [0.5, 0.6) is 0 Å². The first-order valence-corrected chi connectivity index (χ1v) is 6.96. The lowest BCUT2D eigenvalue weighted by Crippen LogP contribution is -2.02. The second kappa shape index (κ2) is 6.23. The molecule has 0 aromatic heterocycles. The van der Waals surface area contributed by atoms with Gasteiger partial charge in [0.2, 0.25) is 0 Å². The van der Waals surface area contributed by atoms with Crippen LogP contribution in [0.25, 0.3) is 0 Å². The quantitative estimate of drug-likeness (QED) is 0.710. The molecule has 0 heterocycles. The van der Waals surface area contributed by atoms with Crippen LogP contribution in [0.1, 0.15) is 34.8 Å².